The Morgan fingerprint density at radius 2 is 2.00 bits per heavy atom. The first-order chi connectivity index (χ1) is 11.2. The van der Waals surface area contributed by atoms with Crippen LogP contribution in [0.4, 0.5) is 5.00 Å². The minimum absolute atomic E-state index is 0.263. The quantitative estimate of drug-likeness (QED) is 0.629. The van der Waals surface area contributed by atoms with Crippen LogP contribution in [0, 0.1) is 0 Å². The Labute approximate surface area is 149 Å². The number of guanidine groups is 1. The zero-order chi connectivity index (χ0) is 17.8. The summed E-state index contributed by atoms with van der Waals surface area (Å²) in [5.41, 5.74) is 0. The van der Waals surface area contributed by atoms with Gasteiger partial charge >= 0.3 is 0 Å². The summed E-state index contributed by atoms with van der Waals surface area (Å²) >= 11 is 1.76. The normalized spacial score (nSPS) is 17.2. The van der Waals surface area contributed by atoms with Crippen LogP contribution in [0.5, 0.6) is 0 Å². The molecule has 1 aromatic heterocycles. The van der Waals surface area contributed by atoms with Gasteiger partial charge in [0.25, 0.3) is 0 Å². The minimum atomic E-state index is -3.14. The van der Waals surface area contributed by atoms with Crippen LogP contribution in [0.15, 0.2) is 22.5 Å². The van der Waals surface area contributed by atoms with Crippen LogP contribution in [0.2, 0.25) is 0 Å². The van der Waals surface area contributed by atoms with E-state index in [1.165, 1.54) is 11.3 Å². The summed E-state index contributed by atoms with van der Waals surface area (Å²) < 4.78 is 22.9. The zero-order valence-electron chi connectivity index (χ0n) is 14.9. The fourth-order valence-corrected chi connectivity index (χ4v) is 3.48. The molecular formula is C16H28N4O2S2. The van der Waals surface area contributed by atoms with Gasteiger partial charge in [-0.1, -0.05) is 0 Å². The number of anilines is 1. The summed E-state index contributed by atoms with van der Waals surface area (Å²) in [6.45, 7) is 10.2. The van der Waals surface area contributed by atoms with E-state index in [4.69, 9.17) is 0 Å². The first-order valence-electron chi connectivity index (χ1n) is 8.26. The van der Waals surface area contributed by atoms with Crippen LogP contribution in [0.25, 0.3) is 0 Å². The molecule has 1 N–H and O–H groups in total. The highest BCUT2D eigenvalue weighted by atomic mass is 32.2. The van der Waals surface area contributed by atoms with Gasteiger partial charge in [0, 0.05) is 39.0 Å². The molecule has 0 amide bonds. The molecule has 6 nitrogen and oxygen atoms in total. The van der Waals surface area contributed by atoms with Gasteiger partial charge in [0.2, 0.25) is 0 Å². The van der Waals surface area contributed by atoms with E-state index in [1.54, 1.807) is 25.2 Å². The molecule has 2 heterocycles. The van der Waals surface area contributed by atoms with E-state index in [9.17, 15) is 8.42 Å². The molecule has 0 spiro atoms. The highest BCUT2D eigenvalue weighted by Gasteiger charge is 2.30. The second kappa shape index (κ2) is 7.74. The maximum absolute atomic E-state index is 11.9. The number of piperazine rings is 1. The lowest BCUT2D eigenvalue weighted by Gasteiger charge is -2.37. The van der Waals surface area contributed by atoms with Crippen molar-refractivity contribution in [2.45, 2.75) is 25.5 Å². The highest BCUT2D eigenvalue weighted by molar-refractivity contribution is 7.92. The van der Waals surface area contributed by atoms with Crippen LogP contribution in [0.1, 0.15) is 20.8 Å². The van der Waals surface area contributed by atoms with E-state index >= 15 is 0 Å². The summed E-state index contributed by atoms with van der Waals surface area (Å²) in [4.78, 5) is 9.19. The van der Waals surface area contributed by atoms with Crippen LogP contribution in [-0.4, -0.2) is 69.5 Å². The second-order valence-corrected chi connectivity index (χ2v) is 10.2. The van der Waals surface area contributed by atoms with Crippen molar-refractivity contribution in [3.05, 3.63) is 17.5 Å². The van der Waals surface area contributed by atoms with Crippen LogP contribution in [-0.2, 0) is 9.84 Å². The molecule has 0 radical (unpaired) electrons. The van der Waals surface area contributed by atoms with E-state index in [1.807, 2.05) is 6.92 Å². The first kappa shape index (κ1) is 19.1. The smallest absolute Gasteiger partial charge is 0.194 e. The third-order valence-corrected chi connectivity index (χ3v) is 7.41. The Bertz CT molecular complexity index is 646. The Balaban J connectivity index is 2.02. The average molecular weight is 373 g/mol. The maximum atomic E-state index is 11.9. The van der Waals surface area contributed by atoms with E-state index in [-0.39, 0.29) is 6.54 Å². The number of sulfone groups is 1. The van der Waals surface area contributed by atoms with Crippen LogP contribution in [0.3, 0.4) is 0 Å². The minimum Gasteiger partial charge on any atom is -0.360 e. The predicted molar refractivity (Wildman–Crippen MR) is 103 cm³/mol. The zero-order valence-corrected chi connectivity index (χ0v) is 16.6. The van der Waals surface area contributed by atoms with Crippen molar-refractivity contribution in [3.63, 3.8) is 0 Å². The number of thiophene rings is 1. The van der Waals surface area contributed by atoms with Crippen LogP contribution < -0.4 is 10.2 Å². The molecule has 0 bridgehead atoms. The van der Waals surface area contributed by atoms with E-state index in [0.29, 0.717) is 0 Å². The third-order valence-electron chi connectivity index (χ3n) is 4.35. The van der Waals surface area contributed by atoms with Crippen molar-refractivity contribution in [3.8, 4) is 0 Å². The molecule has 1 aliphatic rings. The van der Waals surface area contributed by atoms with Gasteiger partial charge in [-0.15, -0.1) is 11.3 Å². The van der Waals surface area contributed by atoms with Gasteiger partial charge in [-0.2, -0.15) is 0 Å². The number of hydrogen-bond donors (Lipinski definition) is 1. The number of nitrogens with zero attached hydrogens (tertiary/aromatic N) is 3. The molecule has 1 saturated heterocycles. The highest BCUT2D eigenvalue weighted by Crippen LogP contribution is 2.22. The molecule has 2 rings (SSSR count). The Morgan fingerprint density at radius 3 is 2.50 bits per heavy atom. The maximum Gasteiger partial charge on any atom is 0.194 e. The topological polar surface area (TPSA) is 65.0 Å². The van der Waals surface area contributed by atoms with Crippen LogP contribution >= 0.6 is 11.3 Å². The standard InChI is InChI=1S/C16H28N4O2S2/c1-5-17-15(18-13-16(2,3)24(4,21)22)20-10-8-19(9-11-20)14-7-6-12-23-14/h6-7,12H,5,8-11,13H2,1-4H3,(H,17,18). The molecule has 0 unspecified atom stereocenters. The molecule has 1 fully saturated rings. The van der Waals surface area contributed by atoms with Gasteiger partial charge < -0.3 is 15.1 Å². The fraction of sp³-hybridized carbons (Fsp3) is 0.688. The SMILES string of the molecule is CCNC(=NCC(C)(C)S(C)(=O)=O)N1CCN(c2cccs2)CC1. The molecule has 0 aliphatic carbocycles. The van der Waals surface area contributed by atoms with Gasteiger partial charge in [0.15, 0.2) is 15.8 Å². The molecule has 0 atom stereocenters. The second-order valence-electron chi connectivity index (χ2n) is 6.63. The third kappa shape index (κ3) is 4.63. The fourth-order valence-electron chi connectivity index (χ4n) is 2.40. The monoisotopic (exact) mass is 372 g/mol. The molecular weight excluding hydrogens is 344 g/mol. The van der Waals surface area contributed by atoms with Crippen molar-refractivity contribution >= 4 is 32.1 Å². The molecule has 24 heavy (non-hydrogen) atoms. The van der Waals surface area contributed by atoms with Gasteiger partial charge in [-0.05, 0) is 38.3 Å². The summed E-state index contributed by atoms with van der Waals surface area (Å²) in [6.07, 6.45) is 1.27. The molecule has 136 valence electrons. The number of hydrogen-bond acceptors (Lipinski definition) is 5. The van der Waals surface area contributed by atoms with Crippen molar-refractivity contribution in [1.29, 1.82) is 0 Å². The van der Waals surface area contributed by atoms with Crippen molar-refractivity contribution < 1.29 is 8.42 Å². The predicted octanol–water partition coefficient (Wildman–Crippen LogP) is 1.66. The number of nitrogens with one attached hydrogen (secondary N) is 1. The van der Waals surface area contributed by atoms with Gasteiger partial charge in [0.05, 0.1) is 16.3 Å². The lowest BCUT2D eigenvalue weighted by Crippen LogP contribution is -2.53. The molecule has 0 aromatic carbocycles. The largest absolute Gasteiger partial charge is 0.360 e. The Morgan fingerprint density at radius 1 is 1.33 bits per heavy atom. The number of aliphatic imine (C=N–C) groups is 1. The Kier molecular flexibility index (Phi) is 6.14. The molecule has 1 aliphatic heterocycles. The summed E-state index contributed by atoms with van der Waals surface area (Å²) in [5, 5.41) is 6.69. The Hall–Kier alpha value is -1.28. The summed E-state index contributed by atoms with van der Waals surface area (Å²) in [6, 6.07) is 4.22. The van der Waals surface area contributed by atoms with Crippen molar-refractivity contribution in [2.75, 3.05) is 50.4 Å². The van der Waals surface area contributed by atoms with Gasteiger partial charge in [0.1, 0.15) is 0 Å². The molecule has 1 aromatic rings. The molecule has 0 saturated carbocycles. The summed E-state index contributed by atoms with van der Waals surface area (Å²) in [7, 11) is -3.14. The van der Waals surface area contributed by atoms with E-state index in [2.05, 4.69) is 37.6 Å². The number of rotatable bonds is 5. The van der Waals surface area contributed by atoms with Crippen molar-refractivity contribution in [1.82, 2.24) is 10.2 Å². The molecule has 8 heteroatoms. The van der Waals surface area contributed by atoms with E-state index < -0.39 is 14.6 Å². The van der Waals surface area contributed by atoms with Gasteiger partial charge in [-0.25, -0.2) is 8.42 Å². The lowest BCUT2D eigenvalue weighted by atomic mass is 10.2. The first-order valence-corrected chi connectivity index (χ1v) is 11.0. The van der Waals surface area contributed by atoms with Crippen molar-refractivity contribution in [2.24, 2.45) is 4.99 Å². The lowest BCUT2D eigenvalue weighted by molar-refractivity contribution is 0.372. The van der Waals surface area contributed by atoms with E-state index in [0.717, 1.165) is 38.7 Å². The summed E-state index contributed by atoms with van der Waals surface area (Å²) in [5.74, 6) is 0.806. The average Bonchev–Trinajstić information content (AvgIpc) is 3.05. The van der Waals surface area contributed by atoms with Gasteiger partial charge in [-0.3, -0.25) is 4.99 Å².